The zero-order valence-electron chi connectivity index (χ0n) is 18.3. The van der Waals surface area contributed by atoms with Crippen molar-refractivity contribution in [3.63, 3.8) is 0 Å². The molecule has 7 nitrogen and oxygen atoms in total. The van der Waals surface area contributed by atoms with Crippen molar-refractivity contribution in [2.24, 2.45) is 5.92 Å². The first-order valence-corrected chi connectivity index (χ1v) is 9.99. The topological polar surface area (TPSA) is 96.5 Å². The molecule has 2 aromatic rings. The predicted molar refractivity (Wildman–Crippen MR) is 115 cm³/mol. The van der Waals surface area contributed by atoms with Gasteiger partial charge >= 0.3 is 0 Å². The van der Waals surface area contributed by atoms with Crippen molar-refractivity contribution in [2.45, 2.75) is 46.8 Å². The number of hydrazine groups is 1. The minimum absolute atomic E-state index is 0.222. The van der Waals surface area contributed by atoms with E-state index < -0.39 is 35.7 Å². The summed E-state index contributed by atoms with van der Waals surface area (Å²) in [5.41, 5.74) is 6.84. The SMILES string of the molecule is Cc1cccc(OC(C)C(=O)NNC(=O)[C@@H](NC(=O)c2ccc(F)cc2)C(C)C)c1C. The lowest BCUT2D eigenvalue weighted by molar-refractivity contribution is -0.133. The Labute approximate surface area is 181 Å². The minimum Gasteiger partial charge on any atom is -0.481 e. The van der Waals surface area contributed by atoms with E-state index in [1.807, 2.05) is 26.0 Å². The molecule has 0 aliphatic heterocycles. The van der Waals surface area contributed by atoms with Gasteiger partial charge in [-0.1, -0.05) is 26.0 Å². The van der Waals surface area contributed by atoms with Crippen molar-refractivity contribution in [3.05, 3.63) is 65.0 Å². The summed E-state index contributed by atoms with van der Waals surface area (Å²) < 4.78 is 18.7. The molecule has 0 aliphatic rings. The second-order valence-corrected chi connectivity index (χ2v) is 7.64. The normalized spacial score (nSPS) is 12.6. The van der Waals surface area contributed by atoms with Gasteiger partial charge in [-0.15, -0.1) is 0 Å². The predicted octanol–water partition coefficient (Wildman–Crippen LogP) is 2.81. The lowest BCUT2D eigenvalue weighted by atomic mass is 10.0. The van der Waals surface area contributed by atoms with Crippen LogP contribution in [0, 0.1) is 25.6 Å². The van der Waals surface area contributed by atoms with Crippen LogP contribution in [0.4, 0.5) is 4.39 Å². The molecule has 3 amide bonds. The highest BCUT2D eigenvalue weighted by atomic mass is 19.1. The second kappa shape index (κ2) is 10.6. The van der Waals surface area contributed by atoms with Crippen LogP contribution in [-0.4, -0.2) is 29.9 Å². The maximum Gasteiger partial charge on any atom is 0.279 e. The van der Waals surface area contributed by atoms with Crippen LogP contribution < -0.4 is 20.9 Å². The molecule has 2 rings (SSSR count). The molecular formula is C23H28FN3O4. The average molecular weight is 429 g/mol. The van der Waals surface area contributed by atoms with Gasteiger partial charge in [-0.05, 0) is 68.1 Å². The van der Waals surface area contributed by atoms with Crippen molar-refractivity contribution in [1.82, 2.24) is 16.2 Å². The molecule has 31 heavy (non-hydrogen) atoms. The minimum atomic E-state index is -0.909. The fraction of sp³-hybridized carbons (Fsp3) is 0.348. The van der Waals surface area contributed by atoms with E-state index in [9.17, 15) is 18.8 Å². The monoisotopic (exact) mass is 429 g/mol. The van der Waals surface area contributed by atoms with E-state index in [2.05, 4.69) is 16.2 Å². The molecule has 0 heterocycles. The number of carbonyl (C=O) groups is 3. The molecule has 2 atom stereocenters. The molecule has 0 saturated heterocycles. The van der Waals surface area contributed by atoms with E-state index >= 15 is 0 Å². The molecule has 3 N–H and O–H groups in total. The molecule has 2 aromatic carbocycles. The zero-order chi connectivity index (χ0) is 23.1. The number of amides is 3. The van der Waals surface area contributed by atoms with Crippen LogP contribution in [0.1, 0.15) is 42.3 Å². The van der Waals surface area contributed by atoms with Crippen molar-refractivity contribution < 1.29 is 23.5 Å². The molecule has 0 saturated carbocycles. The number of halogens is 1. The van der Waals surface area contributed by atoms with E-state index in [1.54, 1.807) is 26.8 Å². The summed E-state index contributed by atoms with van der Waals surface area (Å²) in [7, 11) is 0. The van der Waals surface area contributed by atoms with Crippen molar-refractivity contribution in [3.8, 4) is 5.75 Å². The molecule has 8 heteroatoms. The molecule has 0 spiro atoms. The molecular weight excluding hydrogens is 401 g/mol. The Morgan fingerprint density at radius 3 is 2.13 bits per heavy atom. The molecule has 0 radical (unpaired) electrons. The van der Waals surface area contributed by atoms with Gasteiger partial charge in [0.2, 0.25) is 0 Å². The van der Waals surface area contributed by atoms with Crippen LogP contribution in [0.3, 0.4) is 0 Å². The van der Waals surface area contributed by atoms with E-state index in [0.29, 0.717) is 5.75 Å². The maximum absolute atomic E-state index is 13.0. The van der Waals surface area contributed by atoms with E-state index in [-0.39, 0.29) is 11.5 Å². The number of rotatable bonds is 7. The third kappa shape index (κ3) is 6.53. The van der Waals surface area contributed by atoms with Gasteiger partial charge in [-0.3, -0.25) is 25.2 Å². The summed E-state index contributed by atoms with van der Waals surface area (Å²) in [6.07, 6.45) is -0.855. The van der Waals surface area contributed by atoms with Crippen molar-refractivity contribution in [2.75, 3.05) is 0 Å². The highest BCUT2D eigenvalue weighted by molar-refractivity contribution is 5.98. The molecule has 166 valence electrons. The van der Waals surface area contributed by atoms with Gasteiger partial charge < -0.3 is 10.1 Å². The van der Waals surface area contributed by atoms with Gasteiger partial charge in [-0.25, -0.2) is 4.39 Å². The van der Waals surface area contributed by atoms with Crippen LogP contribution >= 0.6 is 0 Å². The molecule has 0 aromatic heterocycles. The first-order chi connectivity index (χ1) is 14.6. The third-order valence-corrected chi connectivity index (χ3v) is 4.88. The van der Waals surface area contributed by atoms with Gasteiger partial charge in [0.15, 0.2) is 6.10 Å². The third-order valence-electron chi connectivity index (χ3n) is 4.88. The largest absolute Gasteiger partial charge is 0.481 e. The van der Waals surface area contributed by atoms with Gasteiger partial charge in [-0.2, -0.15) is 0 Å². The molecule has 0 bridgehead atoms. The Bertz CT molecular complexity index is 944. The van der Waals surface area contributed by atoms with Crippen LogP contribution in [0.25, 0.3) is 0 Å². The lowest BCUT2D eigenvalue weighted by Crippen LogP contribution is -2.56. The number of benzene rings is 2. The quantitative estimate of drug-likeness (QED) is 0.590. The van der Waals surface area contributed by atoms with Crippen LogP contribution in [0.2, 0.25) is 0 Å². The molecule has 0 fully saturated rings. The van der Waals surface area contributed by atoms with Crippen molar-refractivity contribution in [1.29, 1.82) is 0 Å². The first-order valence-electron chi connectivity index (χ1n) is 9.99. The number of hydrogen-bond donors (Lipinski definition) is 3. The molecule has 1 unspecified atom stereocenters. The first kappa shape index (κ1) is 23.9. The van der Waals surface area contributed by atoms with Gasteiger partial charge in [0.05, 0.1) is 0 Å². The summed E-state index contributed by atoms with van der Waals surface area (Å²) in [6.45, 7) is 8.92. The smallest absolute Gasteiger partial charge is 0.279 e. The fourth-order valence-electron chi connectivity index (χ4n) is 2.76. The number of carbonyl (C=O) groups excluding carboxylic acids is 3. The standard InChI is InChI=1S/C23H28FN3O4/c1-13(2)20(25-22(29)17-9-11-18(24)12-10-17)23(30)27-26-21(28)16(5)31-19-8-6-7-14(3)15(19)4/h6-13,16,20H,1-5H3,(H,25,29)(H,26,28)(H,27,30)/t16?,20-/m0/s1. The highest BCUT2D eigenvalue weighted by Crippen LogP contribution is 2.21. The van der Waals surface area contributed by atoms with Crippen LogP contribution in [0.5, 0.6) is 5.75 Å². The summed E-state index contributed by atoms with van der Waals surface area (Å²) >= 11 is 0. The number of hydrogen-bond acceptors (Lipinski definition) is 4. The van der Waals surface area contributed by atoms with Gasteiger partial charge in [0, 0.05) is 5.56 Å². The Morgan fingerprint density at radius 2 is 1.52 bits per heavy atom. The number of nitrogens with one attached hydrogen (secondary N) is 3. The Kier molecular flexibility index (Phi) is 8.13. The number of aryl methyl sites for hydroxylation is 1. The van der Waals surface area contributed by atoms with E-state index in [1.165, 1.54) is 12.1 Å². The fourth-order valence-corrected chi connectivity index (χ4v) is 2.76. The van der Waals surface area contributed by atoms with Crippen LogP contribution in [0.15, 0.2) is 42.5 Å². The summed E-state index contributed by atoms with van der Waals surface area (Å²) in [5, 5.41) is 2.60. The van der Waals surface area contributed by atoms with Gasteiger partial charge in [0.25, 0.3) is 17.7 Å². The van der Waals surface area contributed by atoms with Gasteiger partial charge in [0.1, 0.15) is 17.6 Å². The van der Waals surface area contributed by atoms with Crippen LogP contribution in [-0.2, 0) is 9.59 Å². The van der Waals surface area contributed by atoms with Crippen molar-refractivity contribution >= 4 is 17.7 Å². The summed E-state index contributed by atoms with van der Waals surface area (Å²) in [6, 6.07) is 9.62. The summed E-state index contributed by atoms with van der Waals surface area (Å²) in [4.78, 5) is 37.3. The highest BCUT2D eigenvalue weighted by Gasteiger charge is 2.26. The van der Waals surface area contributed by atoms with E-state index in [4.69, 9.17) is 4.74 Å². The number of ether oxygens (including phenoxy) is 1. The Hall–Kier alpha value is -3.42. The Balaban J connectivity index is 1.94. The summed E-state index contributed by atoms with van der Waals surface area (Å²) in [5.74, 6) is -1.79. The lowest BCUT2D eigenvalue weighted by Gasteiger charge is -2.23. The Morgan fingerprint density at radius 1 is 0.903 bits per heavy atom. The molecule has 0 aliphatic carbocycles. The maximum atomic E-state index is 13.0. The second-order valence-electron chi connectivity index (χ2n) is 7.64. The van der Waals surface area contributed by atoms with E-state index in [0.717, 1.165) is 23.3 Å². The zero-order valence-corrected chi connectivity index (χ0v) is 18.3. The average Bonchev–Trinajstić information content (AvgIpc) is 2.73.